The van der Waals surface area contributed by atoms with Crippen LogP contribution < -0.4 is 11.1 Å². The Hall–Kier alpha value is -2.32. The van der Waals surface area contributed by atoms with E-state index in [2.05, 4.69) is 5.32 Å². The van der Waals surface area contributed by atoms with Crippen molar-refractivity contribution in [3.8, 4) is 0 Å². The van der Waals surface area contributed by atoms with Crippen LogP contribution in [0.2, 0.25) is 0 Å². The molecular weight excluding hydrogens is 280 g/mol. The molecule has 4 N–H and O–H groups in total. The average molecular weight is 302 g/mol. The predicted molar refractivity (Wildman–Crippen MR) is 74.3 cm³/mol. The van der Waals surface area contributed by atoms with Crippen LogP contribution >= 0.6 is 0 Å². The van der Waals surface area contributed by atoms with Gasteiger partial charge in [-0.2, -0.15) is 0 Å². The molecular formula is C12H22N4O5. The zero-order valence-corrected chi connectivity index (χ0v) is 12.5. The lowest BCUT2D eigenvalue weighted by molar-refractivity contribution is -0.140. The first-order valence-electron chi connectivity index (χ1n) is 6.53. The number of carboxylic acid groups (broad SMARTS) is 1. The van der Waals surface area contributed by atoms with E-state index in [-0.39, 0.29) is 12.5 Å². The van der Waals surface area contributed by atoms with Gasteiger partial charge in [0.25, 0.3) is 0 Å². The maximum atomic E-state index is 11.8. The lowest BCUT2D eigenvalue weighted by Crippen LogP contribution is -2.50. The third-order valence-corrected chi connectivity index (χ3v) is 2.84. The van der Waals surface area contributed by atoms with Crippen molar-refractivity contribution in [2.24, 2.45) is 5.73 Å². The van der Waals surface area contributed by atoms with Gasteiger partial charge in [-0.15, -0.1) is 0 Å². The largest absolute Gasteiger partial charge is 0.480 e. The highest BCUT2D eigenvalue weighted by atomic mass is 16.4. The fraction of sp³-hybridized carbons (Fsp3) is 0.667. The molecule has 0 radical (unpaired) electrons. The molecule has 21 heavy (non-hydrogen) atoms. The summed E-state index contributed by atoms with van der Waals surface area (Å²) in [6, 6.07) is -2.18. The van der Waals surface area contributed by atoms with Crippen molar-refractivity contribution in [2.75, 3.05) is 26.7 Å². The normalized spacial score (nSPS) is 11.4. The minimum atomic E-state index is -1.42. The third kappa shape index (κ3) is 6.59. The summed E-state index contributed by atoms with van der Waals surface area (Å²) in [5, 5.41) is 11.0. The van der Waals surface area contributed by atoms with E-state index in [1.165, 1.54) is 7.05 Å². The maximum Gasteiger partial charge on any atom is 0.326 e. The number of rotatable bonds is 8. The van der Waals surface area contributed by atoms with Crippen molar-refractivity contribution in [3.05, 3.63) is 0 Å². The highest BCUT2D eigenvalue weighted by Crippen LogP contribution is 1.97. The quantitative estimate of drug-likeness (QED) is 0.519. The van der Waals surface area contributed by atoms with Crippen molar-refractivity contribution in [1.82, 2.24) is 15.1 Å². The van der Waals surface area contributed by atoms with Crippen LogP contribution in [0, 0.1) is 0 Å². The molecule has 120 valence electrons. The number of hydrogen-bond donors (Lipinski definition) is 3. The van der Waals surface area contributed by atoms with Crippen molar-refractivity contribution in [3.63, 3.8) is 0 Å². The van der Waals surface area contributed by atoms with Gasteiger partial charge in [0.2, 0.25) is 11.8 Å². The van der Waals surface area contributed by atoms with E-state index >= 15 is 0 Å². The Morgan fingerprint density at radius 2 is 1.71 bits per heavy atom. The van der Waals surface area contributed by atoms with Crippen LogP contribution in [0.15, 0.2) is 0 Å². The monoisotopic (exact) mass is 302 g/mol. The third-order valence-electron chi connectivity index (χ3n) is 2.84. The summed E-state index contributed by atoms with van der Waals surface area (Å²) in [5.41, 5.74) is 4.91. The first kappa shape index (κ1) is 18.7. The van der Waals surface area contributed by atoms with Gasteiger partial charge in [-0.1, -0.05) is 0 Å². The lowest BCUT2D eigenvalue weighted by atomic mass is 10.2. The number of carbonyl (C=O) groups is 4. The number of amides is 4. The van der Waals surface area contributed by atoms with E-state index in [0.717, 1.165) is 4.90 Å². The van der Waals surface area contributed by atoms with Gasteiger partial charge in [-0.05, 0) is 13.8 Å². The Bertz CT molecular complexity index is 408. The summed E-state index contributed by atoms with van der Waals surface area (Å²) in [7, 11) is 1.36. The molecule has 0 spiro atoms. The Morgan fingerprint density at radius 1 is 1.19 bits per heavy atom. The average Bonchev–Trinajstić information content (AvgIpc) is 2.38. The van der Waals surface area contributed by atoms with E-state index < -0.39 is 30.4 Å². The number of carbonyl (C=O) groups excluding carboxylic acids is 3. The molecule has 0 bridgehead atoms. The van der Waals surface area contributed by atoms with Crippen LogP contribution in [0.5, 0.6) is 0 Å². The maximum absolute atomic E-state index is 11.8. The Morgan fingerprint density at radius 3 is 2.10 bits per heavy atom. The highest BCUT2D eigenvalue weighted by molar-refractivity contribution is 5.89. The van der Waals surface area contributed by atoms with Crippen LogP contribution in [-0.2, 0) is 14.4 Å². The van der Waals surface area contributed by atoms with Crippen molar-refractivity contribution in [2.45, 2.75) is 26.3 Å². The number of primary amides is 1. The van der Waals surface area contributed by atoms with Gasteiger partial charge in [-0.3, -0.25) is 9.59 Å². The topological polar surface area (TPSA) is 133 Å². The Labute approximate surface area is 123 Å². The molecule has 1 unspecified atom stereocenters. The molecule has 0 aliphatic heterocycles. The van der Waals surface area contributed by atoms with Crippen molar-refractivity contribution >= 4 is 23.8 Å². The van der Waals surface area contributed by atoms with Crippen LogP contribution in [0.25, 0.3) is 0 Å². The molecule has 0 aliphatic rings. The molecule has 0 aliphatic carbocycles. The molecule has 4 amide bonds. The van der Waals surface area contributed by atoms with E-state index in [1.807, 2.05) is 13.8 Å². The fourth-order valence-electron chi connectivity index (χ4n) is 1.61. The summed E-state index contributed by atoms with van der Waals surface area (Å²) in [4.78, 5) is 47.9. The molecule has 0 aromatic rings. The Balaban J connectivity index is 4.59. The lowest BCUT2D eigenvalue weighted by Gasteiger charge is -2.24. The van der Waals surface area contributed by atoms with E-state index in [1.54, 1.807) is 4.90 Å². The van der Waals surface area contributed by atoms with Gasteiger partial charge in [0.1, 0.15) is 12.6 Å². The van der Waals surface area contributed by atoms with Gasteiger partial charge in [0.05, 0.1) is 6.42 Å². The van der Waals surface area contributed by atoms with E-state index in [0.29, 0.717) is 13.1 Å². The molecule has 0 heterocycles. The zero-order valence-electron chi connectivity index (χ0n) is 12.5. The SMILES string of the molecule is CCN(CC)C(=O)CN(C)C(=O)NC(CC(N)=O)C(=O)O. The number of nitrogens with two attached hydrogens (primary N) is 1. The minimum Gasteiger partial charge on any atom is -0.480 e. The second kappa shape index (κ2) is 8.77. The van der Waals surface area contributed by atoms with Crippen molar-refractivity contribution in [1.29, 1.82) is 0 Å². The molecule has 0 rings (SSSR count). The summed E-state index contributed by atoms with van der Waals surface area (Å²) < 4.78 is 0. The van der Waals surface area contributed by atoms with Crippen LogP contribution in [0.4, 0.5) is 4.79 Å². The van der Waals surface area contributed by atoms with Crippen molar-refractivity contribution < 1.29 is 24.3 Å². The Kier molecular flexibility index (Phi) is 7.80. The highest BCUT2D eigenvalue weighted by Gasteiger charge is 2.24. The number of urea groups is 1. The number of carboxylic acids is 1. The van der Waals surface area contributed by atoms with Gasteiger partial charge in [0.15, 0.2) is 0 Å². The molecule has 9 nitrogen and oxygen atoms in total. The molecule has 0 fully saturated rings. The van der Waals surface area contributed by atoms with Crippen LogP contribution in [0.3, 0.4) is 0 Å². The first-order valence-corrected chi connectivity index (χ1v) is 6.53. The van der Waals surface area contributed by atoms with Gasteiger partial charge >= 0.3 is 12.0 Å². The standard InChI is InChI=1S/C12H22N4O5/c1-4-16(5-2)10(18)7-15(3)12(21)14-8(11(19)20)6-9(13)17/h8H,4-7H2,1-3H3,(H2,13,17)(H,14,21)(H,19,20). The molecule has 9 heteroatoms. The smallest absolute Gasteiger partial charge is 0.326 e. The number of nitrogens with zero attached hydrogens (tertiary/aromatic N) is 2. The molecule has 1 atom stereocenters. The second-order valence-electron chi connectivity index (χ2n) is 4.43. The van der Waals surface area contributed by atoms with Crippen LogP contribution in [0.1, 0.15) is 20.3 Å². The molecule has 0 aromatic carbocycles. The summed E-state index contributed by atoms with van der Waals surface area (Å²) in [6.07, 6.45) is -0.515. The fourth-order valence-corrected chi connectivity index (χ4v) is 1.61. The minimum absolute atomic E-state index is 0.184. The summed E-state index contributed by atoms with van der Waals surface area (Å²) >= 11 is 0. The summed E-state index contributed by atoms with van der Waals surface area (Å²) in [5.74, 6) is -2.46. The predicted octanol–water partition coefficient (Wildman–Crippen LogP) is -1.18. The van der Waals surface area contributed by atoms with E-state index in [9.17, 15) is 19.2 Å². The molecule has 0 saturated heterocycles. The summed E-state index contributed by atoms with van der Waals surface area (Å²) in [6.45, 7) is 4.48. The number of nitrogens with one attached hydrogen (secondary N) is 1. The molecule has 0 aromatic heterocycles. The van der Waals surface area contributed by atoms with Gasteiger partial charge < -0.3 is 26.0 Å². The zero-order chi connectivity index (χ0) is 16.6. The molecule has 0 saturated carbocycles. The number of hydrogen-bond acceptors (Lipinski definition) is 4. The van der Waals surface area contributed by atoms with Crippen LogP contribution in [-0.4, -0.2) is 71.4 Å². The number of aliphatic carboxylic acids is 1. The number of likely N-dealkylation sites (N-methyl/N-ethyl adjacent to an activating group) is 2. The second-order valence-corrected chi connectivity index (χ2v) is 4.43. The van der Waals surface area contributed by atoms with Gasteiger partial charge in [-0.25, -0.2) is 9.59 Å². The van der Waals surface area contributed by atoms with E-state index in [4.69, 9.17) is 10.8 Å². The first-order chi connectivity index (χ1) is 9.72. The van der Waals surface area contributed by atoms with Gasteiger partial charge in [0, 0.05) is 20.1 Å².